The number of benzene rings is 2. The first-order valence-electron chi connectivity index (χ1n) is 8.12. The second-order valence-electron chi connectivity index (χ2n) is 5.83. The summed E-state index contributed by atoms with van der Waals surface area (Å²) in [6.07, 6.45) is 0.578. The number of nitrogens with one attached hydrogen (secondary N) is 1. The largest absolute Gasteiger partial charge is 0.488 e. The quantitative estimate of drug-likeness (QED) is 0.817. The summed E-state index contributed by atoms with van der Waals surface area (Å²) in [6.45, 7) is 1.50. The van der Waals surface area contributed by atoms with Gasteiger partial charge in [0.2, 0.25) is 0 Å². The zero-order valence-corrected chi connectivity index (χ0v) is 15.1. The lowest BCUT2D eigenvalue weighted by molar-refractivity contribution is -0.149. The first kappa shape index (κ1) is 18.5. The summed E-state index contributed by atoms with van der Waals surface area (Å²) >= 11 is 5.95. The molecule has 1 N–H and O–H groups in total. The lowest BCUT2D eigenvalue weighted by atomic mass is 10.1. The molecule has 136 valence electrons. The third kappa shape index (κ3) is 4.27. The number of ether oxygens (including phenoxy) is 2. The van der Waals surface area contributed by atoms with Crippen LogP contribution >= 0.6 is 11.6 Å². The Morgan fingerprint density at radius 3 is 2.85 bits per heavy atom. The molecule has 3 rings (SSSR count). The monoisotopic (exact) mass is 382 g/mol. The van der Waals surface area contributed by atoms with Crippen LogP contribution in [-0.2, 0) is 14.3 Å². The minimum absolute atomic E-state index is 0.0407. The molecule has 0 aliphatic carbocycles. The van der Waals surface area contributed by atoms with Crippen LogP contribution < -0.4 is 10.1 Å². The van der Waals surface area contributed by atoms with Crippen LogP contribution in [0.15, 0.2) is 48.0 Å². The van der Waals surface area contributed by atoms with Crippen molar-refractivity contribution in [2.45, 2.75) is 13.0 Å². The Labute approximate surface area is 161 Å². The van der Waals surface area contributed by atoms with E-state index >= 15 is 0 Å². The molecule has 1 atom stereocenters. The number of esters is 1. The minimum atomic E-state index is -1.05. The van der Waals surface area contributed by atoms with Gasteiger partial charge >= 0.3 is 5.97 Å². The normalized spacial score (nSPS) is 13.3. The van der Waals surface area contributed by atoms with Gasteiger partial charge in [-0.3, -0.25) is 4.79 Å². The van der Waals surface area contributed by atoms with E-state index in [1.165, 1.54) is 6.92 Å². The number of nitriles is 1. The molecule has 1 aliphatic heterocycles. The Morgan fingerprint density at radius 2 is 2.07 bits per heavy atom. The number of halogens is 1. The Balaban J connectivity index is 1.67. The summed E-state index contributed by atoms with van der Waals surface area (Å²) in [7, 11) is 0. The lowest BCUT2D eigenvalue weighted by Crippen LogP contribution is -2.31. The van der Waals surface area contributed by atoms with E-state index in [1.807, 2.05) is 6.07 Å². The molecule has 6 nitrogen and oxygen atoms in total. The van der Waals surface area contributed by atoms with Gasteiger partial charge in [0, 0.05) is 10.6 Å². The maximum atomic E-state index is 12.3. The van der Waals surface area contributed by atoms with E-state index in [1.54, 1.807) is 48.5 Å². The standard InChI is InChI=1S/C20H15ClN2O4/c1-12(19(24)23-17-5-3-2-4-13(17)10-22)27-20(25)15-8-14-9-16(21)6-7-18(14)26-11-15/h2-9,12H,11H2,1H3,(H,23,24). The lowest BCUT2D eigenvalue weighted by Gasteiger charge is -2.19. The minimum Gasteiger partial charge on any atom is -0.488 e. The number of amides is 1. The van der Waals surface area contributed by atoms with E-state index in [4.69, 9.17) is 26.3 Å². The van der Waals surface area contributed by atoms with Crippen LogP contribution in [0.2, 0.25) is 5.02 Å². The maximum absolute atomic E-state index is 12.3. The first-order chi connectivity index (χ1) is 13.0. The summed E-state index contributed by atoms with van der Waals surface area (Å²) in [6, 6.07) is 13.7. The summed E-state index contributed by atoms with van der Waals surface area (Å²) in [5, 5.41) is 12.2. The van der Waals surface area contributed by atoms with Crippen LogP contribution in [-0.4, -0.2) is 24.6 Å². The Kier molecular flexibility index (Phi) is 5.43. The molecule has 7 heteroatoms. The van der Waals surface area contributed by atoms with Crippen molar-refractivity contribution in [2.75, 3.05) is 11.9 Å². The number of para-hydroxylation sites is 1. The fraction of sp³-hybridized carbons (Fsp3) is 0.150. The Morgan fingerprint density at radius 1 is 1.30 bits per heavy atom. The molecule has 0 bridgehead atoms. The van der Waals surface area contributed by atoms with Gasteiger partial charge in [-0.25, -0.2) is 4.79 Å². The summed E-state index contributed by atoms with van der Waals surface area (Å²) in [4.78, 5) is 24.6. The zero-order chi connectivity index (χ0) is 19.4. The van der Waals surface area contributed by atoms with Crippen molar-refractivity contribution in [3.8, 4) is 11.8 Å². The van der Waals surface area contributed by atoms with Crippen LogP contribution in [0.5, 0.6) is 5.75 Å². The number of hydrogen-bond acceptors (Lipinski definition) is 5. The second kappa shape index (κ2) is 7.94. The average Bonchev–Trinajstić information content (AvgIpc) is 2.67. The van der Waals surface area contributed by atoms with Crippen LogP contribution in [0.4, 0.5) is 5.69 Å². The van der Waals surface area contributed by atoms with E-state index in [-0.39, 0.29) is 12.2 Å². The molecule has 1 heterocycles. The molecule has 2 aromatic carbocycles. The van der Waals surface area contributed by atoms with E-state index in [9.17, 15) is 9.59 Å². The number of nitrogens with zero attached hydrogens (tertiary/aromatic N) is 1. The number of hydrogen-bond donors (Lipinski definition) is 1. The average molecular weight is 383 g/mol. The SMILES string of the molecule is CC(OC(=O)C1=Cc2cc(Cl)ccc2OC1)C(=O)Nc1ccccc1C#N. The summed E-state index contributed by atoms with van der Waals surface area (Å²) < 4.78 is 10.7. The predicted octanol–water partition coefficient (Wildman–Crippen LogP) is 3.56. The Hall–Kier alpha value is -3.30. The molecule has 0 fully saturated rings. The molecule has 0 aromatic heterocycles. The van der Waals surface area contributed by atoms with Gasteiger partial charge in [-0.2, -0.15) is 5.26 Å². The highest BCUT2D eigenvalue weighted by atomic mass is 35.5. The van der Waals surface area contributed by atoms with Crippen molar-refractivity contribution in [1.29, 1.82) is 5.26 Å². The van der Waals surface area contributed by atoms with Crippen molar-refractivity contribution in [2.24, 2.45) is 0 Å². The van der Waals surface area contributed by atoms with Gasteiger partial charge in [-0.1, -0.05) is 23.7 Å². The number of carbonyl (C=O) groups excluding carboxylic acids is 2. The molecule has 2 aromatic rings. The van der Waals surface area contributed by atoms with Gasteiger partial charge in [-0.05, 0) is 43.3 Å². The van der Waals surface area contributed by atoms with Crippen molar-refractivity contribution in [3.63, 3.8) is 0 Å². The maximum Gasteiger partial charge on any atom is 0.338 e. The molecular formula is C20H15ClN2O4. The molecular weight excluding hydrogens is 368 g/mol. The van der Waals surface area contributed by atoms with E-state index in [0.29, 0.717) is 27.6 Å². The predicted molar refractivity (Wildman–Crippen MR) is 100 cm³/mol. The molecule has 1 unspecified atom stereocenters. The van der Waals surface area contributed by atoms with Crippen molar-refractivity contribution in [3.05, 3.63) is 64.2 Å². The number of rotatable bonds is 4. The van der Waals surface area contributed by atoms with Gasteiger partial charge in [0.25, 0.3) is 5.91 Å². The number of fused-ring (bicyclic) bond motifs is 1. The van der Waals surface area contributed by atoms with Crippen LogP contribution in [0.3, 0.4) is 0 Å². The summed E-state index contributed by atoms with van der Waals surface area (Å²) in [5.41, 5.74) is 1.63. The van der Waals surface area contributed by atoms with Crippen molar-refractivity contribution >= 4 is 35.2 Å². The molecule has 0 saturated carbocycles. The molecule has 27 heavy (non-hydrogen) atoms. The van der Waals surface area contributed by atoms with Gasteiger partial charge in [0.15, 0.2) is 6.10 Å². The molecule has 1 aliphatic rings. The highest BCUT2D eigenvalue weighted by Crippen LogP contribution is 2.29. The molecule has 1 amide bonds. The third-order valence-electron chi connectivity index (χ3n) is 3.91. The van der Waals surface area contributed by atoms with Crippen LogP contribution in [0.1, 0.15) is 18.1 Å². The van der Waals surface area contributed by atoms with Crippen LogP contribution in [0.25, 0.3) is 6.08 Å². The zero-order valence-electron chi connectivity index (χ0n) is 14.4. The molecule has 0 spiro atoms. The van der Waals surface area contributed by atoms with E-state index in [2.05, 4.69) is 5.32 Å². The van der Waals surface area contributed by atoms with Gasteiger partial charge < -0.3 is 14.8 Å². The van der Waals surface area contributed by atoms with Gasteiger partial charge in [0.05, 0.1) is 16.8 Å². The number of carbonyl (C=O) groups is 2. The highest BCUT2D eigenvalue weighted by molar-refractivity contribution is 6.30. The fourth-order valence-electron chi connectivity index (χ4n) is 2.48. The first-order valence-corrected chi connectivity index (χ1v) is 8.49. The highest BCUT2D eigenvalue weighted by Gasteiger charge is 2.24. The van der Waals surface area contributed by atoms with E-state index < -0.39 is 18.0 Å². The van der Waals surface area contributed by atoms with Gasteiger partial charge in [-0.15, -0.1) is 0 Å². The van der Waals surface area contributed by atoms with Crippen molar-refractivity contribution in [1.82, 2.24) is 0 Å². The van der Waals surface area contributed by atoms with Crippen molar-refractivity contribution < 1.29 is 19.1 Å². The molecule has 0 radical (unpaired) electrons. The number of anilines is 1. The van der Waals surface area contributed by atoms with Gasteiger partial charge in [0.1, 0.15) is 18.4 Å². The summed E-state index contributed by atoms with van der Waals surface area (Å²) in [5.74, 6) is -0.571. The fourth-order valence-corrected chi connectivity index (χ4v) is 2.66. The Bertz CT molecular complexity index is 978. The van der Waals surface area contributed by atoms with Crippen LogP contribution in [0, 0.1) is 11.3 Å². The van der Waals surface area contributed by atoms with E-state index in [0.717, 1.165) is 0 Å². The second-order valence-corrected chi connectivity index (χ2v) is 6.27. The smallest absolute Gasteiger partial charge is 0.338 e. The molecule has 0 saturated heterocycles. The topological polar surface area (TPSA) is 88.4 Å². The third-order valence-corrected chi connectivity index (χ3v) is 4.14.